The summed E-state index contributed by atoms with van der Waals surface area (Å²) in [5, 5.41) is 25.7. The summed E-state index contributed by atoms with van der Waals surface area (Å²) in [6.45, 7) is 13.4. The van der Waals surface area contributed by atoms with Crippen molar-refractivity contribution < 1.29 is 94.8 Å². The fraction of sp³-hybridized carbons (Fsp3) is 0.472. The van der Waals surface area contributed by atoms with Gasteiger partial charge in [-0.1, -0.05) is 22.3 Å². The molecule has 494 valence electrons. The molecule has 0 amide bonds. The van der Waals surface area contributed by atoms with Gasteiger partial charge in [-0.3, -0.25) is 13.2 Å². The van der Waals surface area contributed by atoms with E-state index in [0.29, 0.717) is 20.2 Å². The molecule has 1 fully saturated rings. The third-order valence-electron chi connectivity index (χ3n) is 10.9. The number of hydrogen-bond acceptors (Lipinski definition) is 15. The van der Waals surface area contributed by atoms with Crippen LogP contribution in [0.3, 0.4) is 0 Å². The van der Waals surface area contributed by atoms with Crippen LogP contribution < -0.4 is 14.9 Å². The first-order valence-corrected chi connectivity index (χ1v) is 26.7. The van der Waals surface area contributed by atoms with Crippen LogP contribution in [-0.2, 0) is 36.4 Å². The zero-order valence-corrected chi connectivity index (χ0v) is 50.4. The van der Waals surface area contributed by atoms with Crippen molar-refractivity contribution >= 4 is 73.0 Å². The van der Waals surface area contributed by atoms with Crippen LogP contribution in [0, 0.1) is 11.6 Å². The molecule has 0 radical (unpaired) electrons. The Morgan fingerprint density at radius 1 is 0.551 bits per heavy atom. The molecule has 1 aliphatic rings. The van der Waals surface area contributed by atoms with E-state index in [9.17, 15) is 61.5 Å². The summed E-state index contributed by atoms with van der Waals surface area (Å²) >= 11 is 11.2. The first-order valence-electron chi connectivity index (χ1n) is 24.8. The van der Waals surface area contributed by atoms with E-state index in [2.05, 4.69) is 91.4 Å². The van der Waals surface area contributed by atoms with Gasteiger partial charge < -0.3 is 33.4 Å². The standard InChI is InChI=1S/C17H14F6N4O2.C13H16BF4NO3.C10H10BrF2N3O.C7H3BrClF2N3.C3H8O.3CH4/c1-9(2)29-17(22,23)15-26-25-13-4-3-10(7-27(13)15)11-5-12(18)14(24-6-11)28-8-16(19,20)21;1-11(2)12(3,4)22-14(21-11)8-5-9(15)10(19-6-8)20-7-13(16,17)18;1-6(2)17-10(12,13)9-15-14-8-4-3-7(11)5-16(8)9;8-4-1-2-5-12-13-6(7(9,10)11)14(5)3-4;1-3(2)4;;;/h3-7,9H,8H2,1-2H3;5-6H,7H2,1-4H3;3-6H,1-2H3;1-3H;3-4H,1-2H3;3*1H4. The highest BCUT2D eigenvalue weighted by atomic mass is 79.9. The maximum Gasteiger partial charge on any atom is 0.496 e. The van der Waals surface area contributed by atoms with Crippen molar-refractivity contribution in [1.29, 1.82) is 0 Å². The van der Waals surface area contributed by atoms with E-state index in [-0.39, 0.29) is 50.6 Å². The van der Waals surface area contributed by atoms with E-state index in [1.54, 1.807) is 38.1 Å². The second-order valence-corrected chi connectivity index (χ2v) is 22.1. The molecule has 8 aromatic heterocycles. The second-order valence-electron chi connectivity index (χ2n) is 19.8. The number of halogens is 17. The molecular formula is C53H63BBr2ClF14N11O7. The van der Waals surface area contributed by atoms with Gasteiger partial charge in [0.1, 0.15) is 0 Å². The summed E-state index contributed by atoms with van der Waals surface area (Å²) < 4.78 is 216. The van der Waals surface area contributed by atoms with Crippen molar-refractivity contribution in [3.8, 4) is 22.9 Å². The zero-order valence-electron chi connectivity index (χ0n) is 46.5. The molecule has 0 bridgehead atoms. The summed E-state index contributed by atoms with van der Waals surface area (Å²) in [4.78, 5) is 7.09. The van der Waals surface area contributed by atoms with E-state index in [0.717, 1.165) is 27.1 Å². The van der Waals surface area contributed by atoms with E-state index >= 15 is 0 Å². The molecule has 89 heavy (non-hydrogen) atoms. The molecule has 9 heterocycles. The average molecular weight is 1440 g/mol. The molecule has 18 nitrogen and oxygen atoms in total. The summed E-state index contributed by atoms with van der Waals surface area (Å²) in [7, 11) is -0.844. The fourth-order valence-electron chi connectivity index (χ4n) is 6.72. The van der Waals surface area contributed by atoms with Gasteiger partial charge in [0.25, 0.3) is 11.8 Å². The van der Waals surface area contributed by atoms with Crippen molar-refractivity contribution in [2.45, 2.75) is 151 Å². The van der Waals surface area contributed by atoms with Crippen LogP contribution >= 0.6 is 43.5 Å². The predicted molar refractivity (Wildman–Crippen MR) is 308 cm³/mol. The molecular weight excluding hydrogens is 1370 g/mol. The van der Waals surface area contributed by atoms with Crippen LogP contribution in [-0.4, -0.2) is 121 Å². The summed E-state index contributed by atoms with van der Waals surface area (Å²) in [6, 6.07) is 11.2. The number of pyridine rings is 5. The normalized spacial score (nSPS) is 13.9. The van der Waals surface area contributed by atoms with Crippen LogP contribution in [0.25, 0.3) is 28.1 Å². The summed E-state index contributed by atoms with van der Waals surface area (Å²) in [5.74, 6) is -5.56. The quantitative estimate of drug-likeness (QED) is 0.0651. The molecule has 0 saturated carbocycles. The number of aliphatic hydroxyl groups is 1. The van der Waals surface area contributed by atoms with E-state index in [4.69, 9.17) is 26.0 Å². The molecule has 0 aliphatic carbocycles. The molecule has 0 spiro atoms. The topological polar surface area (TPSA) is 192 Å². The predicted octanol–water partition coefficient (Wildman–Crippen LogP) is 14.8. The SMILES string of the molecule is C.C.C.CC(C)O.CC(C)OC(F)(F)c1nnc2ccc(-c3cnc(OCC(F)(F)F)c(F)c3)cn12.CC(C)OC(F)(F)c1nnc2ccc(Br)cn12.CC1(C)OB(c2cnc(OCC(F)(F)F)c(F)c2)OC1(C)C.FC(F)(Cl)c1nnc2ccc(Br)cn12. The minimum absolute atomic E-state index is 0. The maximum atomic E-state index is 14.3. The van der Waals surface area contributed by atoms with Gasteiger partial charge in [-0.05, 0) is 161 Å². The van der Waals surface area contributed by atoms with Crippen molar-refractivity contribution in [3.05, 3.63) is 118 Å². The van der Waals surface area contributed by atoms with Gasteiger partial charge in [0.15, 0.2) is 41.8 Å². The van der Waals surface area contributed by atoms with Gasteiger partial charge in [-0.2, -0.15) is 52.7 Å². The maximum absolute atomic E-state index is 14.3. The lowest BCUT2D eigenvalue weighted by molar-refractivity contribution is -0.272. The van der Waals surface area contributed by atoms with Crippen LogP contribution in [0.4, 0.5) is 61.5 Å². The van der Waals surface area contributed by atoms with Gasteiger partial charge in [0.2, 0.25) is 17.5 Å². The number of hydrogen-bond donors (Lipinski definition) is 1. The molecule has 0 atom stereocenters. The van der Waals surface area contributed by atoms with Crippen LogP contribution in [0.2, 0.25) is 0 Å². The van der Waals surface area contributed by atoms with Crippen LogP contribution in [0.15, 0.2) is 88.5 Å². The fourth-order valence-corrected chi connectivity index (χ4v) is 7.53. The first-order chi connectivity index (χ1) is 39.5. The molecule has 9 rings (SSSR count). The monoisotopic (exact) mass is 1440 g/mol. The highest BCUT2D eigenvalue weighted by Crippen LogP contribution is 2.38. The van der Waals surface area contributed by atoms with Gasteiger partial charge in [0.05, 0.1) is 23.4 Å². The minimum atomic E-state index is -4.65. The lowest BCUT2D eigenvalue weighted by Crippen LogP contribution is -2.41. The number of ether oxygens (including phenoxy) is 4. The van der Waals surface area contributed by atoms with Gasteiger partial charge in [0, 0.05) is 62.6 Å². The van der Waals surface area contributed by atoms with Gasteiger partial charge >= 0.3 is 37.1 Å². The van der Waals surface area contributed by atoms with Gasteiger partial charge in [-0.15, -0.1) is 30.6 Å². The number of aliphatic hydroxyl groups excluding tert-OH is 1. The second kappa shape index (κ2) is 31.3. The Balaban J connectivity index is 0.000000404. The zero-order chi connectivity index (χ0) is 64.7. The molecule has 36 heteroatoms. The van der Waals surface area contributed by atoms with Crippen molar-refractivity contribution in [1.82, 2.24) is 53.8 Å². The Morgan fingerprint density at radius 3 is 1.28 bits per heavy atom. The molecule has 0 aromatic carbocycles. The molecule has 1 saturated heterocycles. The van der Waals surface area contributed by atoms with Crippen molar-refractivity contribution in [3.63, 3.8) is 0 Å². The number of nitrogens with zero attached hydrogens (tertiary/aromatic N) is 11. The number of alkyl halides is 13. The number of aromatic nitrogens is 11. The summed E-state index contributed by atoms with van der Waals surface area (Å²) in [5.41, 5.74) is 0.173. The lowest BCUT2D eigenvalue weighted by Gasteiger charge is -2.32. The molecule has 1 aliphatic heterocycles. The van der Waals surface area contributed by atoms with Crippen molar-refractivity contribution in [2.75, 3.05) is 13.2 Å². The third kappa shape index (κ3) is 22.4. The Kier molecular flexibility index (Phi) is 27.8. The first kappa shape index (κ1) is 79.0. The Morgan fingerprint density at radius 2 is 0.910 bits per heavy atom. The number of rotatable bonds is 13. The number of fused-ring (bicyclic) bond motifs is 3. The van der Waals surface area contributed by atoms with Crippen LogP contribution in [0.1, 0.15) is 109 Å². The molecule has 1 N–H and O–H groups in total. The summed E-state index contributed by atoms with van der Waals surface area (Å²) in [6.07, 6.45) is -11.6. The lowest BCUT2D eigenvalue weighted by atomic mass is 9.80. The Hall–Kier alpha value is -6.11. The van der Waals surface area contributed by atoms with E-state index < -0.39 is 115 Å². The Bertz CT molecular complexity index is 3540. The van der Waals surface area contributed by atoms with Gasteiger partial charge in [-0.25, -0.2) is 18.7 Å². The molecule has 8 aromatic rings. The van der Waals surface area contributed by atoms with Crippen molar-refractivity contribution in [2.24, 2.45) is 0 Å². The third-order valence-corrected chi connectivity index (χ3v) is 12.0. The molecule has 0 unspecified atom stereocenters. The Labute approximate surface area is 524 Å². The largest absolute Gasteiger partial charge is 0.496 e. The average Bonchev–Trinajstić information content (AvgIpc) is 1.72. The highest BCUT2D eigenvalue weighted by Gasteiger charge is 2.52. The minimum Gasteiger partial charge on any atom is -0.466 e. The smallest absolute Gasteiger partial charge is 0.466 e. The van der Waals surface area contributed by atoms with E-state index in [1.165, 1.54) is 69.0 Å². The van der Waals surface area contributed by atoms with E-state index in [1.807, 2.05) is 27.7 Å². The van der Waals surface area contributed by atoms with Crippen LogP contribution in [0.5, 0.6) is 11.8 Å². The highest BCUT2D eigenvalue weighted by molar-refractivity contribution is 9.10.